The van der Waals surface area contributed by atoms with Crippen LogP contribution in [0.1, 0.15) is 0 Å². The zero-order valence-corrected chi connectivity index (χ0v) is 13.7. The van der Waals surface area contributed by atoms with E-state index in [9.17, 15) is 30.4 Å². The number of hydrogen-bond acceptors (Lipinski definition) is 12. The molecule has 6 N–H and O–H groups in total. The Hall–Kier alpha value is -0.510. The molecule has 18 heteroatoms. The van der Waals surface area contributed by atoms with Crippen LogP contribution in [0, 0.1) is 0 Å². The fourth-order valence-corrected chi connectivity index (χ4v) is 3.08. The molecule has 0 bridgehead atoms. The van der Waals surface area contributed by atoms with E-state index in [1.165, 1.54) is 0 Å². The Balaban J connectivity index is 3.18. The largest absolute Gasteiger partial charge is 0.397 e. The third-order valence-corrected chi connectivity index (χ3v) is 3.92. The van der Waals surface area contributed by atoms with Crippen LogP contribution in [0.5, 0.6) is 0 Å². The van der Waals surface area contributed by atoms with Crippen LogP contribution in [0.2, 0.25) is 0 Å². The molecular weight excluding hydrogens is 406 g/mol. The summed E-state index contributed by atoms with van der Waals surface area (Å²) in [6.45, 7) is -1.20. The second-order valence-electron chi connectivity index (χ2n) is 4.33. The van der Waals surface area contributed by atoms with Gasteiger partial charge in [0, 0.05) is 0 Å². The molecule has 0 radical (unpaired) electrons. The van der Waals surface area contributed by atoms with Gasteiger partial charge in [-0.05, 0) is 0 Å². The lowest BCUT2D eigenvalue weighted by atomic mass is 9.98. The van der Waals surface area contributed by atoms with Crippen LogP contribution in [0.4, 0.5) is 0 Å². The zero-order valence-electron chi connectivity index (χ0n) is 11.3. The number of ether oxygens (including phenoxy) is 1. The monoisotopic (exact) mass is 419 g/mol. The Morgan fingerprint density at radius 1 is 0.875 bits per heavy atom. The zero-order chi connectivity index (χ0) is 18.9. The minimum absolute atomic E-state index is 1.20. The molecule has 0 aromatic carbocycles. The Kier molecular flexibility index (Phi) is 6.63. The van der Waals surface area contributed by atoms with Gasteiger partial charge < -0.3 is 15.6 Å². The van der Waals surface area contributed by atoms with Gasteiger partial charge in [0.15, 0.2) is 6.29 Å². The highest BCUT2D eigenvalue weighted by atomic mass is 32.3. The van der Waals surface area contributed by atoms with E-state index in [-0.39, 0.29) is 0 Å². The molecule has 1 fully saturated rings. The van der Waals surface area contributed by atoms with Crippen LogP contribution in [0.25, 0.3) is 0 Å². The van der Waals surface area contributed by atoms with Crippen molar-refractivity contribution in [3.63, 3.8) is 0 Å². The quantitative estimate of drug-likeness (QED) is 0.248. The minimum atomic E-state index is -5.28. The third kappa shape index (κ3) is 7.16. The molecule has 1 aliphatic rings. The summed E-state index contributed by atoms with van der Waals surface area (Å²) in [7, 11) is -15.6. The van der Waals surface area contributed by atoms with Crippen LogP contribution in [0.3, 0.4) is 0 Å². The number of hydrogen-bond donors (Lipinski definition) is 5. The van der Waals surface area contributed by atoms with E-state index in [0.29, 0.717) is 0 Å². The average Bonchev–Trinajstić information content (AvgIpc) is 2.32. The lowest BCUT2D eigenvalue weighted by Crippen LogP contribution is -2.64. The summed E-state index contributed by atoms with van der Waals surface area (Å²) in [6.07, 6.45) is -8.31. The predicted octanol–water partition coefficient (Wildman–Crippen LogP) is -3.77. The molecule has 144 valence electrons. The molecule has 1 saturated heterocycles. The Morgan fingerprint density at radius 3 is 1.75 bits per heavy atom. The molecule has 0 amide bonds. The Morgan fingerprint density at radius 2 is 1.33 bits per heavy atom. The molecule has 1 rings (SSSR count). The highest BCUT2D eigenvalue weighted by Crippen LogP contribution is 2.26. The van der Waals surface area contributed by atoms with E-state index in [0.717, 1.165) is 0 Å². The predicted molar refractivity (Wildman–Crippen MR) is 69.2 cm³/mol. The van der Waals surface area contributed by atoms with Gasteiger partial charge in [0.25, 0.3) is 0 Å². The second kappa shape index (κ2) is 7.39. The summed E-state index contributed by atoms with van der Waals surface area (Å²) in [5, 5.41) is 9.52. The summed E-state index contributed by atoms with van der Waals surface area (Å²) < 4.78 is 107. The SMILES string of the molecule is N[C@H]1C(O)O[C@H](COS(=O)(=O)O)[C@@H](OS(=O)(=O)O)[C@@H]1OS(=O)(=O)O. The van der Waals surface area contributed by atoms with E-state index in [1.807, 2.05) is 0 Å². The summed E-state index contributed by atoms with van der Waals surface area (Å²) in [6, 6.07) is -1.82. The van der Waals surface area contributed by atoms with Gasteiger partial charge in [-0.2, -0.15) is 25.3 Å². The van der Waals surface area contributed by atoms with Gasteiger partial charge in [0.2, 0.25) is 0 Å². The van der Waals surface area contributed by atoms with Gasteiger partial charge in [-0.1, -0.05) is 0 Å². The number of rotatable bonds is 7. The molecule has 0 spiro atoms. The first-order chi connectivity index (χ1) is 10.6. The topological polar surface area (TPSA) is 246 Å². The molecule has 0 aromatic rings. The van der Waals surface area contributed by atoms with Gasteiger partial charge in [0.1, 0.15) is 18.3 Å². The number of aliphatic hydroxyl groups is 1. The maximum atomic E-state index is 10.8. The fourth-order valence-electron chi connectivity index (χ4n) is 1.74. The molecule has 0 aliphatic carbocycles. The molecule has 1 unspecified atom stereocenters. The smallest absolute Gasteiger partial charge is 0.367 e. The van der Waals surface area contributed by atoms with Crippen molar-refractivity contribution in [2.75, 3.05) is 6.61 Å². The lowest BCUT2D eigenvalue weighted by Gasteiger charge is -2.41. The molecule has 1 heterocycles. The van der Waals surface area contributed by atoms with Gasteiger partial charge in [-0.15, -0.1) is 0 Å². The standard InChI is InChI=1S/C6H13NO14S3/c7-3-5(21-24(15,16)17)4(20-23(12,13)14)2(19-6(3)8)1-18-22(9,10)11/h2-6,8H,1,7H2,(H,9,10,11)(H,12,13,14)(H,15,16,17)/t2-,3-,4-,5-,6?/m1/s1. The normalized spacial score (nSPS) is 32.6. The Labute approximate surface area is 136 Å². The molecular formula is C6H13NO14S3. The van der Waals surface area contributed by atoms with Crippen molar-refractivity contribution in [2.24, 2.45) is 5.73 Å². The van der Waals surface area contributed by atoms with Crippen LogP contribution < -0.4 is 5.73 Å². The van der Waals surface area contributed by atoms with Crippen molar-refractivity contribution in [1.82, 2.24) is 0 Å². The van der Waals surface area contributed by atoms with E-state index in [2.05, 4.69) is 17.3 Å². The number of aliphatic hydroxyl groups excluding tert-OH is 1. The van der Waals surface area contributed by atoms with Crippen LogP contribution >= 0.6 is 0 Å². The molecule has 0 saturated carbocycles. The molecule has 24 heavy (non-hydrogen) atoms. The van der Waals surface area contributed by atoms with Gasteiger partial charge in [0.05, 0.1) is 12.6 Å². The van der Waals surface area contributed by atoms with Crippen LogP contribution in [0.15, 0.2) is 0 Å². The van der Waals surface area contributed by atoms with Crippen molar-refractivity contribution in [1.29, 1.82) is 0 Å². The van der Waals surface area contributed by atoms with E-state index < -0.39 is 68.4 Å². The minimum Gasteiger partial charge on any atom is -0.367 e. The average molecular weight is 419 g/mol. The first kappa shape index (κ1) is 21.5. The first-order valence-electron chi connectivity index (χ1n) is 5.61. The van der Waals surface area contributed by atoms with Gasteiger partial charge >= 0.3 is 31.2 Å². The van der Waals surface area contributed by atoms with Crippen molar-refractivity contribution < 1.29 is 61.3 Å². The summed E-state index contributed by atoms with van der Waals surface area (Å²) in [5.74, 6) is 0. The molecule has 0 aromatic heterocycles. The maximum Gasteiger partial charge on any atom is 0.397 e. The third-order valence-electron chi connectivity index (χ3n) is 2.56. The highest BCUT2D eigenvalue weighted by molar-refractivity contribution is 7.81. The molecule has 15 nitrogen and oxygen atoms in total. The van der Waals surface area contributed by atoms with E-state index >= 15 is 0 Å². The number of nitrogens with two attached hydrogens (primary N) is 1. The first-order valence-corrected chi connectivity index (χ1v) is 9.71. The van der Waals surface area contributed by atoms with Crippen molar-refractivity contribution in [2.45, 2.75) is 30.6 Å². The fraction of sp³-hybridized carbons (Fsp3) is 1.00. The molecule has 1 aliphatic heterocycles. The van der Waals surface area contributed by atoms with Crippen molar-refractivity contribution >= 4 is 31.2 Å². The highest BCUT2D eigenvalue weighted by Gasteiger charge is 2.49. The van der Waals surface area contributed by atoms with E-state index in [1.54, 1.807) is 0 Å². The Bertz CT molecular complexity index is 741. The lowest BCUT2D eigenvalue weighted by molar-refractivity contribution is -0.237. The van der Waals surface area contributed by atoms with Crippen LogP contribution in [-0.2, 0) is 48.5 Å². The second-order valence-corrected chi connectivity index (χ2v) is 7.52. The van der Waals surface area contributed by atoms with Crippen molar-refractivity contribution in [3.8, 4) is 0 Å². The van der Waals surface area contributed by atoms with Crippen molar-refractivity contribution in [3.05, 3.63) is 0 Å². The summed E-state index contributed by atoms with van der Waals surface area (Å²) in [5.41, 5.74) is 5.34. The van der Waals surface area contributed by atoms with Gasteiger partial charge in [-0.3, -0.25) is 13.7 Å². The summed E-state index contributed by atoms with van der Waals surface area (Å²) in [4.78, 5) is 0. The van der Waals surface area contributed by atoms with E-state index in [4.69, 9.17) is 19.4 Å². The maximum absolute atomic E-state index is 10.8. The summed E-state index contributed by atoms with van der Waals surface area (Å²) >= 11 is 0. The van der Waals surface area contributed by atoms with Crippen LogP contribution in [-0.4, -0.2) is 81.3 Å². The van der Waals surface area contributed by atoms with Gasteiger partial charge in [-0.25, -0.2) is 12.5 Å². The molecule has 5 atom stereocenters.